The molecule has 0 bridgehead atoms. The minimum atomic E-state index is -1.14. The van der Waals surface area contributed by atoms with Gasteiger partial charge in [0.2, 0.25) is 0 Å². The first-order valence-electron chi connectivity index (χ1n) is 9.98. The van der Waals surface area contributed by atoms with Gasteiger partial charge in [-0.25, -0.2) is 19.1 Å². The quantitative estimate of drug-likeness (QED) is 0.299. The van der Waals surface area contributed by atoms with Crippen LogP contribution in [0.25, 0.3) is 16.9 Å². The van der Waals surface area contributed by atoms with Crippen molar-refractivity contribution in [1.29, 1.82) is 0 Å². The highest BCUT2D eigenvalue weighted by Gasteiger charge is 2.32. The molecular weight excluding hydrogens is 559 g/mol. The van der Waals surface area contributed by atoms with Crippen LogP contribution in [0.5, 0.6) is 11.5 Å². The van der Waals surface area contributed by atoms with E-state index in [0.717, 1.165) is 0 Å². The van der Waals surface area contributed by atoms with Gasteiger partial charge in [-0.3, -0.25) is 0 Å². The zero-order chi connectivity index (χ0) is 24.8. The number of para-hydroxylation sites is 1. The fourth-order valence-electron chi connectivity index (χ4n) is 3.20. The Morgan fingerprint density at radius 3 is 2.29 bits per heavy atom. The Bertz CT molecular complexity index is 1220. The van der Waals surface area contributed by atoms with Crippen molar-refractivity contribution in [3.63, 3.8) is 0 Å². The molecule has 34 heavy (non-hydrogen) atoms. The lowest BCUT2D eigenvalue weighted by atomic mass is 10.0. The summed E-state index contributed by atoms with van der Waals surface area (Å²) in [5, 5.41) is 13.5. The molecule has 0 spiro atoms. The van der Waals surface area contributed by atoms with E-state index in [2.05, 4.69) is 5.10 Å². The number of carbonyl (C=O) groups excluding carboxylic acids is 2. The lowest BCUT2D eigenvalue weighted by Crippen LogP contribution is -2.15. The molecule has 1 heterocycles. The van der Waals surface area contributed by atoms with E-state index in [9.17, 15) is 14.4 Å². The second-order valence-electron chi connectivity index (χ2n) is 6.70. The summed E-state index contributed by atoms with van der Waals surface area (Å²) in [6.07, 6.45) is 0. The maximum absolute atomic E-state index is 12.8. The molecule has 10 nitrogen and oxygen atoms in total. The second kappa shape index (κ2) is 11.0. The van der Waals surface area contributed by atoms with E-state index in [1.807, 2.05) is 22.6 Å². The van der Waals surface area contributed by atoms with E-state index < -0.39 is 24.5 Å². The number of nitrogens with zero attached hydrogens (tertiary/aromatic N) is 2. The first-order valence-corrected chi connectivity index (χ1v) is 11.1. The van der Waals surface area contributed by atoms with Crippen molar-refractivity contribution < 1.29 is 38.4 Å². The molecule has 11 heteroatoms. The molecule has 0 radical (unpaired) electrons. The van der Waals surface area contributed by atoms with Crippen molar-refractivity contribution in [2.45, 2.75) is 6.92 Å². The van der Waals surface area contributed by atoms with E-state index in [1.54, 1.807) is 49.4 Å². The summed E-state index contributed by atoms with van der Waals surface area (Å²) in [5.41, 5.74) is 0.918. The Balaban J connectivity index is 2.30. The van der Waals surface area contributed by atoms with Gasteiger partial charge in [0.1, 0.15) is 11.3 Å². The standard InChI is InChI=1S/C23H21IN2O8/c1-4-33-16-11-13(10-15(24)21(16)34-12-17(27)28)19-18(22(29)31-2)20(23(30)32-3)26(25-19)14-8-6-5-7-9-14/h5-11H,4,12H2,1-3H3,(H,27,28). The highest BCUT2D eigenvalue weighted by molar-refractivity contribution is 14.1. The summed E-state index contributed by atoms with van der Waals surface area (Å²) < 4.78 is 22.8. The summed E-state index contributed by atoms with van der Waals surface area (Å²) in [5.74, 6) is -2.19. The van der Waals surface area contributed by atoms with Crippen molar-refractivity contribution in [3.8, 4) is 28.4 Å². The maximum atomic E-state index is 12.8. The monoisotopic (exact) mass is 580 g/mol. The number of hydrogen-bond donors (Lipinski definition) is 1. The fourth-order valence-corrected chi connectivity index (χ4v) is 3.96. The molecule has 0 aliphatic heterocycles. The number of methoxy groups -OCH3 is 2. The summed E-state index contributed by atoms with van der Waals surface area (Å²) in [6.45, 7) is 1.48. The molecule has 0 saturated heterocycles. The third kappa shape index (κ3) is 5.14. The third-order valence-electron chi connectivity index (χ3n) is 4.58. The number of hydrogen-bond acceptors (Lipinski definition) is 8. The number of carboxylic acids is 1. The smallest absolute Gasteiger partial charge is 0.357 e. The SMILES string of the molecule is CCOc1cc(-c2nn(-c3ccccc3)c(C(=O)OC)c2C(=O)OC)cc(I)c1OCC(=O)O. The molecular formula is C23H21IN2O8. The topological polar surface area (TPSA) is 126 Å². The van der Waals surface area contributed by atoms with Gasteiger partial charge in [0.15, 0.2) is 23.8 Å². The van der Waals surface area contributed by atoms with Gasteiger partial charge in [-0.1, -0.05) is 18.2 Å². The number of rotatable bonds is 9. The molecule has 2 aromatic carbocycles. The van der Waals surface area contributed by atoms with Crippen molar-refractivity contribution in [3.05, 3.63) is 57.3 Å². The van der Waals surface area contributed by atoms with Crippen LogP contribution in [0.15, 0.2) is 42.5 Å². The van der Waals surface area contributed by atoms with Gasteiger partial charge in [0.25, 0.3) is 0 Å². The van der Waals surface area contributed by atoms with Gasteiger partial charge in [0.05, 0.1) is 30.1 Å². The van der Waals surface area contributed by atoms with Crippen LogP contribution in [0.1, 0.15) is 27.8 Å². The number of ether oxygens (including phenoxy) is 4. The largest absolute Gasteiger partial charge is 0.490 e. The molecule has 1 N–H and O–H groups in total. The van der Waals surface area contributed by atoms with Crippen LogP contribution < -0.4 is 9.47 Å². The van der Waals surface area contributed by atoms with Crippen LogP contribution in [-0.4, -0.2) is 60.2 Å². The number of carboxylic acid groups (broad SMARTS) is 1. The number of halogens is 1. The Kier molecular flexibility index (Phi) is 8.10. The van der Waals surface area contributed by atoms with Crippen LogP contribution in [0, 0.1) is 3.57 Å². The Hall–Kier alpha value is -3.61. The van der Waals surface area contributed by atoms with Crippen LogP contribution >= 0.6 is 22.6 Å². The Labute approximate surface area is 208 Å². The lowest BCUT2D eigenvalue weighted by molar-refractivity contribution is -0.139. The summed E-state index contributed by atoms with van der Waals surface area (Å²) in [7, 11) is 2.40. The maximum Gasteiger partial charge on any atom is 0.357 e. The molecule has 0 unspecified atom stereocenters. The van der Waals surface area contributed by atoms with Crippen molar-refractivity contribution >= 4 is 40.5 Å². The van der Waals surface area contributed by atoms with Crippen molar-refractivity contribution in [2.24, 2.45) is 0 Å². The average Bonchev–Trinajstić information content (AvgIpc) is 3.23. The summed E-state index contributed by atoms with van der Waals surface area (Å²) in [6, 6.07) is 12.0. The molecule has 0 fully saturated rings. The molecule has 3 aromatic rings. The summed E-state index contributed by atoms with van der Waals surface area (Å²) >= 11 is 1.97. The minimum absolute atomic E-state index is 0.0874. The number of esters is 2. The van der Waals surface area contributed by atoms with E-state index in [0.29, 0.717) is 14.8 Å². The Morgan fingerprint density at radius 2 is 1.71 bits per heavy atom. The van der Waals surface area contributed by atoms with Gasteiger partial charge in [-0.15, -0.1) is 0 Å². The van der Waals surface area contributed by atoms with Gasteiger partial charge < -0.3 is 24.1 Å². The van der Waals surface area contributed by atoms with Crippen LogP contribution in [-0.2, 0) is 14.3 Å². The first kappa shape index (κ1) is 25.0. The molecule has 178 valence electrons. The predicted molar refractivity (Wildman–Crippen MR) is 129 cm³/mol. The number of aliphatic carboxylic acids is 1. The minimum Gasteiger partial charge on any atom is -0.490 e. The predicted octanol–water partition coefficient (Wildman–Crippen LogP) is 3.58. The van der Waals surface area contributed by atoms with Crippen LogP contribution in [0.3, 0.4) is 0 Å². The van der Waals surface area contributed by atoms with Gasteiger partial charge in [-0.2, -0.15) is 5.10 Å². The van der Waals surface area contributed by atoms with Crippen LogP contribution in [0.2, 0.25) is 0 Å². The fraction of sp³-hybridized carbons (Fsp3) is 0.217. The normalized spacial score (nSPS) is 10.5. The molecule has 0 amide bonds. The highest BCUT2D eigenvalue weighted by atomic mass is 127. The van der Waals surface area contributed by atoms with E-state index in [4.69, 9.17) is 24.1 Å². The molecule has 0 aliphatic rings. The lowest BCUT2D eigenvalue weighted by Gasteiger charge is -2.14. The van der Waals surface area contributed by atoms with Crippen molar-refractivity contribution in [1.82, 2.24) is 9.78 Å². The van der Waals surface area contributed by atoms with Gasteiger partial charge in [0, 0.05) is 5.56 Å². The number of aromatic nitrogens is 2. The van der Waals surface area contributed by atoms with Crippen LogP contribution in [0.4, 0.5) is 0 Å². The molecule has 0 atom stereocenters. The Morgan fingerprint density at radius 1 is 1.03 bits per heavy atom. The molecule has 1 aromatic heterocycles. The van der Waals surface area contributed by atoms with Gasteiger partial charge >= 0.3 is 17.9 Å². The third-order valence-corrected chi connectivity index (χ3v) is 5.38. The van der Waals surface area contributed by atoms with Gasteiger partial charge in [-0.05, 0) is 53.8 Å². The molecule has 0 aliphatic carbocycles. The zero-order valence-corrected chi connectivity index (χ0v) is 20.7. The zero-order valence-electron chi connectivity index (χ0n) is 18.5. The highest BCUT2D eigenvalue weighted by Crippen LogP contribution is 2.39. The van der Waals surface area contributed by atoms with E-state index in [-0.39, 0.29) is 35.1 Å². The average molecular weight is 580 g/mol. The second-order valence-corrected chi connectivity index (χ2v) is 7.87. The number of benzene rings is 2. The molecule has 3 rings (SSSR count). The number of carbonyl (C=O) groups is 3. The van der Waals surface area contributed by atoms with E-state index >= 15 is 0 Å². The summed E-state index contributed by atoms with van der Waals surface area (Å²) in [4.78, 5) is 36.6. The molecule has 0 saturated carbocycles. The first-order chi connectivity index (χ1) is 16.3. The van der Waals surface area contributed by atoms with E-state index in [1.165, 1.54) is 18.9 Å². The van der Waals surface area contributed by atoms with Crippen molar-refractivity contribution in [2.75, 3.05) is 27.4 Å².